The second kappa shape index (κ2) is 14.8. The van der Waals surface area contributed by atoms with Crippen LogP contribution in [0, 0.1) is 0 Å². The van der Waals surface area contributed by atoms with Crippen molar-refractivity contribution < 1.29 is 28.6 Å². The van der Waals surface area contributed by atoms with Gasteiger partial charge in [-0.1, -0.05) is 18.6 Å². The van der Waals surface area contributed by atoms with E-state index >= 15 is 0 Å². The number of hydrogen-bond donors (Lipinski definition) is 3. The number of unbranched alkanes of at least 4 members (excludes halogenated alkanes) is 2. The summed E-state index contributed by atoms with van der Waals surface area (Å²) in [5, 5.41) is 8.09. The largest absolute Gasteiger partial charge is 0.493 e. The number of amides is 2. The van der Waals surface area contributed by atoms with E-state index in [1.807, 2.05) is 24.3 Å². The summed E-state index contributed by atoms with van der Waals surface area (Å²) in [7, 11) is 4.49. The maximum atomic E-state index is 13.2. The topological polar surface area (TPSA) is 142 Å². The van der Waals surface area contributed by atoms with Gasteiger partial charge in [-0.2, -0.15) is 0 Å². The number of rotatable bonds is 14. The summed E-state index contributed by atoms with van der Waals surface area (Å²) in [6, 6.07) is 17.6. The number of carbonyl (C=O) groups is 3. The van der Waals surface area contributed by atoms with E-state index in [1.54, 1.807) is 41.8 Å². The van der Waals surface area contributed by atoms with Crippen molar-refractivity contribution in [1.82, 2.24) is 4.98 Å². The van der Waals surface area contributed by atoms with Crippen LogP contribution in [0.25, 0.3) is 10.6 Å². The Kier molecular flexibility index (Phi) is 10.7. The highest BCUT2D eigenvalue weighted by atomic mass is 32.1. The molecule has 0 fully saturated rings. The lowest BCUT2D eigenvalue weighted by Crippen LogP contribution is -2.13. The van der Waals surface area contributed by atoms with Crippen LogP contribution in [-0.2, 0) is 9.59 Å². The fourth-order valence-electron chi connectivity index (χ4n) is 4.36. The van der Waals surface area contributed by atoms with Gasteiger partial charge in [0, 0.05) is 35.0 Å². The average molecular weight is 603 g/mol. The van der Waals surface area contributed by atoms with Gasteiger partial charge in [-0.3, -0.25) is 14.4 Å². The lowest BCUT2D eigenvalue weighted by atomic mass is 10.1. The molecule has 43 heavy (non-hydrogen) atoms. The van der Waals surface area contributed by atoms with Crippen LogP contribution >= 0.6 is 11.3 Å². The zero-order valence-electron chi connectivity index (χ0n) is 24.3. The van der Waals surface area contributed by atoms with E-state index in [1.165, 1.54) is 32.7 Å². The van der Waals surface area contributed by atoms with Crippen LogP contribution < -0.4 is 30.6 Å². The van der Waals surface area contributed by atoms with Crippen LogP contribution in [0.1, 0.15) is 48.2 Å². The number of benzene rings is 3. The van der Waals surface area contributed by atoms with Gasteiger partial charge in [0.15, 0.2) is 11.5 Å². The molecule has 3 aromatic carbocycles. The third-order valence-corrected chi connectivity index (χ3v) is 7.51. The number of aromatic nitrogens is 1. The minimum Gasteiger partial charge on any atom is -0.493 e. The highest BCUT2D eigenvalue weighted by Gasteiger charge is 2.20. The molecule has 0 saturated carbocycles. The van der Waals surface area contributed by atoms with Crippen molar-refractivity contribution >= 4 is 46.0 Å². The van der Waals surface area contributed by atoms with Crippen molar-refractivity contribution in [2.45, 2.75) is 32.1 Å². The van der Waals surface area contributed by atoms with E-state index in [4.69, 9.17) is 19.9 Å². The third kappa shape index (κ3) is 8.10. The monoisotopic (exact) mass is 602 g/mol. The number of nitrogens with two attached hydrogens (primary N) is 1. The Labute approximate surface area is 254 Å². The summed E-state index contributed by atoms with van der Waals surface area (Å²) in [5.74, 6) is 0.711. The van der Waals surface area contributed by atoms with Gasteiger partial charge in [0.2, 0.25) is 23.3 Å². The molecule has 1 aromatic heterocycles. The highest BCUT2D eigenvalue weighted by Crippen LogP contribution is 2.39. The number of para-hydroxylation sites is 2. The molecule has 4 N–H and O–H groups in total. The predicted molar refractivity (Wildman–Crippen MR) is 168 cm³/mol. The Bertz CT molecular complexity index is 1560. The average Bonchev–Trinajstić information content (AvgIpc) is 3.51. The van der Waals surface area contributed by atoms with Crippen molar-refractivity contribution in [1.29, 1.82) is 0 Å². The zero-order valence-corrected chi connectivity index (χ0v) is 25.1. The Balaban J connectivity index is 1.25. The number of nitrogens with one attached hydrogen (secondary N) is 2. The minimum atomic E-state index is -0.271. The molecule has 0 atom stereocenters. The van der Waals surface area contributed by atoms with Crippen molar-refractivity contribution in [3.8, 4) is 27.8 Å². The summed E-state index contributed by atoms with van der Waals surface area (Å²) in [4.78, 5) is 42.2. The molecule has 0 aliphatic carbocycles. The Morgan fingerprint density at radius 2 is 1.44 bits per heavy atom. The van der Waals surface area contributed by atoms with Crippen molar-refractivity contribution in [2.24, 2.45) is 0 Å². The number of ether oxygens (including phenoxy) is 3. The number of nitrogens with zero attached hydrogens (tertiary/aromatic N) is 1. The highest BCUT2D eigenvalue weighted by molar-refractivity contribution is 7.13. The maximum absolute atomic E-state index is 13.2. The summed E-state index contributed by atoms with van der Waals surface area (Å²) < 4.78 is 16.0. The van der Waals surface area contributed by atoms with Gasteiger partial charge in [0.1, 0.15) is 10.7 Å². The first-order chi connectivity index (χ1) is 20.8. The van der Waals surface area contributed by atoms with E-state index in [2.05, 4.69) is 15.6 Å². The predicted octanol–water partition coefficient (Wildman–Crippen LogP) is 6.18. The number of nitrogen functional groups attached to an aromatic ring is 1. The fourth-order valence-corrected chi connectivity index (χ4v) is 5.17. The molecule has 0 saturated heterocycles. The van der Waals surface area contributed by atoms with Crippen LogP contribution in [0.5, 0.6) is 17.2 Å². The summed E-state index contributed by atoms with van der Waals surface area (Å²) in [5.41, 5.74) is 9.14. The Morgan fingerprint density at radius 1 is 0.814 bits per heavy atom. The molecule has 0 radical (unpaired) electrons. The van der Waals surface area contributed by atoms with Crippen LogP contribution in [0.15, 0.2) is 66.0 Å². The second-order valence-corrected chi connectivity index (χ2v) is 10.5. The van der Waals surface area contributed by atoms with Gasteiger partial charge in [-0.05, 0) is 61.4 Å². The molecule has 0 spiro atoms. The number of methoxy groups -OCH3 is 3. The fraction of sp³-hybridized carbons (Fsp3) is 0.250. The van der Waals surface area contributed by atoms with Gasteiger partial charge >= 0.3 is 0 Å². The lowest BCUT2D eigenvalue weighted by molar-refractivity contribution is -0.116. The van der Waals surface area contributed by atoms with E-state index in [0.717, 1.165) is 12.0 Å². The van der Waals surface area contributed by atoms with E-state index in [0.29, 0.717) is 76.3 Å². The SMILES string of the molecule is COc1cc(C(=O)c2csc(-c3ccc(NC(=O)CCCCCC(=O)Nc4ccccc4N)cc3)n2)cc(OC)c1OC. The lowest BCUT2D eigenvalue weighted by Gasteiger charge is -2.13. The molecule has 0 aliphatic heterocycles. The van der Waals surface area contributed by atoms with E-state index < -0.39 is 0 Å². The molecule has 2 amide bonds. The van der Waals surface area contributed by atoms with Gasteiger partial charge in [0.25, 0.3) is 0 Å². The molecule has 1 heterocycles. The van der Waals surface area contributed by atoms with Crippen LogP contribution in [0.2, 0.25) is 0 Å². The Hall–Kier alpha value is -4.90. The molecular weight excluding hydrogens is 568 g/mol. The molecule has 0 bridgehead atoms. The minimum absolute atomic E-state index is 0.0956. The third-order valence-electron chi connectivity index (χ3n) is 6.62. The van der Waals surface area contributed by atoms with E-state index in [9.17, 15) is 14.4 Å². The summed E-state index contributed by atoms with van der Waals surface area (Å²) in [6.07, 6.45) is 2.83. The Morgan fingerprint density at radius 3 is 2.05 bits per heavy atom. The summed E-state index contributed by atoms with van der Waals surface area (Å²) in [6.45, 7) is 0. The second-order valence-electron chi connectivity index (χ2n) is 9.60. The van der Waals surface area contributed by atoms with Crippen LogP contribution in [-0.4, -0.2) is 43.9 Å². The first-order valence-electron chi connectivity index (χ1n) is 13.7. The molecule has 0 unspecified atom stereocenters. The molecule has 11 heteroatoms. The molecule has 224 valence electrons. The first-order valence-corrected chi connectivity index (χ1v) is 14.6. The van der Waals surface area contributed by atoms with Crippen molar-refractivity contribution in [3.63, 3.8) is 0 Å². The quantitative estimate of drug-likeness (QED) is 0.0883. The van der Waals surface area contributed by atoms with Gasteiger partial charge in [0.05, 0.1) is 32.7 Å². The normalized spacial score (nSPS) is 10.6. The van der Waals surface area contributed by atoms with Crippen LogP contribution in [0.4, 0.5) is 17.1 Å². The van der Waals surface area contributed by atoms with Gasteiger partial charge < -0.3 is 30.6 Å². The number of anilines is 3. The van der Waals surface area contributed by atoms with Crippen molar-refractivity contribution in [2.75, 3.05) is 37.7 Å². The maximum Gasteiger partial charge on any atom is 0.224 e. The van der Waals surface area contributed by atoms with Gasteiger partial charge in [-0.15, -0.1) is 11.3 Å². The molecule has 4 aromatic rings. The zero-order chi connectivity index (χ0) is 30.8. The number of ketones is 1. The first kappa shape index (κ1) is 31.0. The molecule has 0 aliphatic rings. The molecule has 10 nitrogen and oxygen atoms in total. The smallest absolute Gasteiger partial charge is 0.224 e. The molecule has 4 rings (SSSR count). The number of thiazole rings is 1. The van der Waals surface area contributed by atoms with Gasteiger partial charge in [-0.25, -0.2) is 4.98 Å². The van der Waals surface area contributed by atoms with Crippen LogP contribution in [0.3, 0.4) is 0 Å². The summed E-state index contributed by atoms with van der Waals surface area (Å²) >= 11 is 1.35. The standard InChI is InChI=1S/C32H34N4O6S/c1-40-26-17-21(18-27(41-2)31(26)42-3)30(39)25-19-43-32(36-25)20-13-15-22(16-14-20)34-28(37)11-5-4-6-12-29(38)35-24-10-8-7-9-23(24)33/h7-10,13-19H,4-6,11-12,33H2,1-3H3,(H,34,37)(H,35,38). The van der Waals surface area contributed by atoms with Crippen molar-refractivity contribution in [3.05, 3.63) is 77.3 Å². The number of carbonyl (C=O) groups excluding carboxylic acids is 3. The number of hydrogen-bond acceptors (Lipinski definition) is 9. The molecular formula is C32H34N4O6S. The van der Waals surface area contributed by atoms with E-state index in [-0.39, 0.29) is 17.6 Å².